The summed E-state index contributed by atoms with van der Waals surface area (Å²) < 4.78 is 10.0. The standard InChI is InChI=1S/C8H13O4.U/c1-5-4-11-7(3-9)8(5)12-6(2)10;/h4-5,7-9H,3H2,1-2H3;/q-1;. The number of aliphatic hydroxyl groups is 1. The molecular weight excluding hydrogens is 398 g/mol. The van der Waals surface area contributed by atoms with Crippen LogP contribution in [0.2, 0.25) is 0 Å². The molecule has 0 aromatic rings. The number of hydrogen-bond donors (Lipinski definition) is 1. The number of carbonyl (C=O) groups excluding carboxylic acids is 1. The maximum absolute atomic E-state index is 10.6. The minimum absolute atomic E-state index is 0. The van der Waals surface area contributed by atoms with Gasteiger partial charge in [0.15, 0.2) is 0 Å². The number of rotatable bonds is 2. The van der Waals surface area contributed by atoms with Crippen molar-refractivity contribution in [3.05, 3.63) is 6.61 Å². The number of carbonyl (C=O) groups is 1. The fourth-order valence-corrected chi connectivity index (χ4v) is 1.24. The average molecular weight is 411 g/mol. The summed E-state index contributed by atoms with van der Waals surface area (Å²) in [5.41, 5.74) is 0. The van der Waals surface area contributed by atoms with Crippen LogP contribution in [0.25, 0.3) is 0 Å². The quantitative estimate of drug-likeness (QED) is 0.518. The van der Waals surface area contributed by atoms with Crippen molar-refractivity contribution in [3.63, 3.8) is 0 Å². The zero-order valence-electron chi connectivity index (χ0n) is 7.69. The van der Waals surface area contributed by atoms with Crippen LogP contribution >= 0.6 is 0 Å². The van der Waals surface area contributed by atoms with Crippen LogP contribution in [0.1, 0.15) is 13.8 Å². The fraction of sp³-hybridized carbons (Fsp3) is 0.750. The van der Waals surface area contributed by atoms with Gasteiger partial charge in [-0.25, -0.2) is 6.61 Å². The molecule has 1 aliphatic rings. The van der Waals surface area contributed by atoms with Gasteiger partial charge < -0.3 is 14.6 Å². The van der Waals surface area contributed by atoms with E-state index in [1.807, 2.05) is 6.92 Å². The fourth-order valence-electron chi connectivity index (χ4n) is 1.24. The van der Waals surface area contributed by atoms with E-state index >= 15 is 0 Å². The minimum atomic E-state index is -0.399. The van der Waals surface area contributed by atoms with E-state index in [4.69, 9.17) is 14.6 Å². The Morgan fingerprint density at radius 1 is 1.69 bits per heavy atom. The molecule has 3 unspecified atom stereocenters. The summed E-state index contributed by atoms with van der Waals surface area (Å²) in [6, 6.07) is 0. The molecule has 4 nitrogen and oxygen atoms in total. The van der Waals surface area contributed by atoms with Gasteiger partial charge in [0, 0.05) is 38.0 Å². The number of aliphatic hydroxyl groups excluding tert-OH is 1. The molecule has 1 fully saturated rings. The van der Waals surface area contributed by atoms with Crippen LogP contribution in [-0.2, 0) is 14.3 Å². The van der Waals surface area contributed by atoms with Gasteiger partial charge in [0.25, 0.3) is 0 Å². The Kier molecular flexibility index (Phi) is 6.23. The summed E-state index contributed by atoms with van der Waals surface area (Å²) in [7, 11) is 0. The number of ether oxygens (including phenoxy) is 2. The predicted octanol–water partition coefficient (Wildman–Crippen LogP) is 0.107. The van der Waals surface area contributed by atoms with Crippen LogP contribution in [0, 0.1) is 43.6 Å². The van der Waals surface area contributed by atoms with E-state index in [0.717, 1.165) is 0 Å². The topological polar surface area (TPSA) is 55.8 Å². The van der Waals surface area contributed by atoms with Crippen molar-refractivity contribution in [1.29, 1.82) is 0 Å². The van der Waals surface area contributed by atoms with E-state index in [0.29, 0.717) is 0 Å². The van der Waals surface area contributed by atoms with Crippen LogP contribution in [-0.4, -0.2) is 29.9 Å². The molecule has 74 valence electrons. The van der Waals surface area contributed by atoms with E-state index in [1.165, 1.54) is 6.92 Å². The van der Waals surface area contributed by atoms with E-state index in [9.17, 15) is 4.79 Å². The molecule has 1 heterocycles. The predicted molar refractivity (Wildman–Crippen MR) is 41.0 cm³/mol. The Labute approximate surface area is 101 Å². The molecular formula is C8H13O4U-. The first-order valence-electron chi connectivity index (χ1n) is 3.92. The molecule has 0 radical (unpaired) electrons. The third-order valence-electron chi connectivity index (χ3n) is 1.83. The average Bonchev–Trinajstić information content (AvgIpc) is 2.32. The molecule has 0 saturated carbocycles. The zero-order chi connectivity index (χ0) is 9.14. The molecule has 0 amide bonds. The maximum atomic E-state index is 10.6. The molecule has 0 aromatic heterocycles. The maximum Gasteiger partial charge on any atom is 0.302 e. The second kappa shape index (κ2) is 6.03. The van der Waals surface area contributed by atoms with Gasteiger partial charge in [0.1, 0.15) is 6.10 Å². The van der Waals surface area contributed by atoms with E-state index in [2.05, 4.69) is 0 Å². The Morgan fingerprint density at radius 3 is 2.77 bits per heavy atom. The van der Waals surface area contributed by atoms with Crippen molar-refractivity contribution < 1.29 is 50.5 Å². The molecule has 3 atom stereocenters. The third kappa shape index (κ3) is 3.59. The van der Waals surface area contributed by atoms with Gasteiger partial charge in [-0.1, -0.05) is 6.92 Å². The molecule has 5 heteroatoms. The van der Waals surface area contributed by atoms with E-state index in [-0.39, 0.29) is 55.7 Å². The SMILES string of the molecule is CC(=O)OC1C(C)[CH-]OC1CO.[U]. The van der Waals surface area contributed by atoms with Crippen molar-refractivity contribution >= 4 is 5.97 Å². The summed E-state index contributed by atoms with van der Waals surface area (Å²) >= 11 is 0. The largest absolute Gasteiger partial charge is 0.545 e. The summed E-state index contributed by atoms with van der Waals surface area (Å²) in [5, 5.41) is 8.83. The smallest absolute Gasteiger partial charge is 0.302 e. The first kappa shape index (κ1) is 13.4. The van der Waals surface area contributed by atoms with Crippen LogP contribution in [0.3, 0.4) is 0 Å². The summed E-state index contributed by atoms with van der Waals surface area (Å²) in [6.45, 7) is 4.69. The minimum Gasteiger partial charge on any atom is -0.545 e. The van der Waals surface area contributed by atoms with Crippen molar-refractivity contribution in [1.82, 2.24) is 0 Å². The molecule has 0 aliphatic carbocycles. The Balaban J connectivity index is 0.00000144. The normalized spacial score (nSPS) is 32.4. The van der Waals surface area contributed by atoms with Crippen molar-refractivity contribution in [3.8, 4) is 0 Å². The Morgan fingerprint density at radius 2 is 2.31 bits per heavy atom. The molecule has 1 saturated heterocycles. The van der Waals surface area contributed by atoms with Gasteiger partial charge in [-0.05, 0) is 0 Å². The van der Waals surface area contributed by atoms with E-state index in [1.54, 1.807) is 6.61 Å². The van der Waals surface area contributed by atoms with Gasteiger partial charge in [-0.2, -0.15) is 0 Å². The molecule has 0 aromatic carbocycles. The van der Waals surface area contributed by atoms with Crippen LogP contribution < -0.4 is 0 Å². The van der Waals surface area contributed by atoms with Crippen molar-refractivity contribution in [2.45, 2.75) is 26.1 Å². The van der Waals surface area contributed by atoms with Gasteiger partial charge in [0.05, 0.1) is 12.7 Å². The van der Waals surface area contributed by atoms with E-state index < -0.39 is 6.10 Å². The molecule has 13 heavy (non-hydrogen) atoms. The first-order chi connectivity index (χ1) is 5.65. The molecule has 1 rings (SSSR count). The summed E-state index contributed by atoms with van der Waals surface area (Å²) in [5.74, 6) is -0.296. The molecule has 0 spiro atoms. The van der Waals surface area contributed by atoms with Crippen LogP contribution in [0.5, 0.6) is 0 Å². The second-order valence-corrected chi connectivity index (χ2v) is 2.93. The zero-order valence-corrected chi connectivity index (χ0v) is 11.9. The van der Waals surface area contributed by atoms with Crippen LogP contribution in [0.15, 0.2) is 0 Å². The van der Waals surface area contributed by atoms with Crippen LogP contribution in [0.4, 0.5) is 0 Å². The van der Waals surface area contributed by atoms with Gasteiger partial charge in [-0.3, -0.25) is 4.79 Å². The van der Waals surface area contributed by atoms with Crippen molar-refractivity contribution in [2.24, 2.45) is 5.92 Å². The second-order valence-electron chi connectivity index (χ2n) is 2.93. The van der Waals surface area contributed by atoms with Crippen molar-refractivity contribution in [2.75, 3.05) is 6.61 Å². The molecule has 0 bridgehead atoms. The molecule has 1 N–H and O–H groups in total. The van der Waals surface area contributed by atoms with Gasteiger partial charge in [-0.15, -0.1) is 5.92 Å². The van der Waals surface area contributed by atoms with Gasteiger partial charge in [0.2, 0.25) is 0 Å². The Bertz CT molecular complexity index is 174. The van der Waals surface area contributed by atoms with Gasteiger partial charge >= 0.3 is 5.97 Å². The first-order valence-corrected chi connectivity index (χ1v) is 3.92. The summed E-state index contributed by atoms with van der Waals surface area (Å²) in [6.07, 6.45) is -0.739. The number of esters is 1. The Hall–Kier alpha value is 0.442. The number of hydrogen-bond acceptors (Lipinski definition) is 4. The monoisotopic (exact) mass is 411 g/mol. The third-order valence-corrected chi connectivity index (χ3v) is 1.83. The molecule has 1 aliphatic heterocycles. The summed E-state index contributed by atoms with van der Waals surface area (Å²) in [4.78, 5) is 10.6.